The molecule has 0 aliphatic heterocycles. The van der Waals surface area contributed by atoms with E-state index in [1.54, 1.807) is 13.0 Å². The summed E-state index contributed by atoms with van der Waals surface area (Å²) < 4.78 is 5.14. The molecule has 5 heteroatoms. The van der Waals surface area contributed by atoms with Crippen molar-refractivity contribution in [3.63, 3.8) is 0 Å². The number of allylic oxidation sites excluding steroid dienone is 1. The number of esters is 1. The van der Waals surface area contributed by atoms with Gasteiger partial charge in [0.1, 0.15) is 4.49 Å². The standard InChI is InChI=1S/C13H17Cl2NO2/c1-4-12(5-2)9(7-10(14)15)13(12,8-16)11(17)18-6-3/h7,9H,4-6H2,1-3H3. The van der Waals surface area contributed by atoms with Crippen LogP contribution in [0.1, 0.15) is 33.6 Å². The third kappa shape index (κ3) is 1.92. The maximum Gasteiger partial charge on any atom is 0.327 e. The van der Waals surface area contributed by atoms with E-state index in [4.69, 9.17) is 27.9 Å². The normalized spacial score (nSPS) is 28.1. The van der Waals surface area contributed by atoms with Crippen molar-refractivity contribution in [1.29, 1.82) is 5.26 Å². The van der Waals surface area contributed by atoms with Gasteiger partial charge in [-0.2, -0.15) is 5.26 Å². The third-order valence-corrected chi connectivity index (χ3v) is 4.34. The summed E-state index contributed by atoms with van der Waals surface area (Å²) in [6.45, 7) is 5.91. The monoisotopic (exact) mass is 289 g/mol. The van der Waals surface area contributed by atoms with Crippen LogP contribution in [0.3, 0.4) is 0 Å². The van der Waals surface area contributed by atoms with Crippen molar-refractivity contribution in [2.24, 2.45) is 16.7 Å². The molecule has 0 aromatic rings. The van der Waals surface area contributed by atoms with E-state index in [0.29, 0.717) is 12.8 Å². The van der Waals surface area contributed by atoms with E-state index in [2.05, 4.69) is 6.07 Å². The van der Waals surface area contributed by atoms with E-state index in [1.807, 2.05) is 13.8 Å². The second-order valence-electron chi connectivity index (χ2n) is 4.44. The number of nitrogens with zero attached hydrogens (tertiary/aromatic N) is 1. The molecule has 1 fully saturated rings. The largest absolute Gasteiger partial charge is 0.465 e. The molecule has 1 aliphatic rings. The zero-order chi connectivity index (χ0) is 14.0. The Bertz CT molecular complexity index is 406. The van der Waals surface area contributed by atoms with Gasteiger partial charge in [0.05, 0.1) is 12.7 Å². The summed E-state index contributed by atoms with van der Waals surface area (Å²) in [4.78, 5) is 12.1. The SMILES string of the molecule is CCOC(=O)C1(C#N)C(C=C(Cl)Cl)C1(CC)CC. The smallest absolute Gasteiger partial charge is 0.327 e. The highest BCUT2D eigenvalue weighted by Crippen LogP contribution is 2.74. The summed E-state index contributed by atoms with van der Waals surface area (Å²) in [7, 11) is 0. The summed E-state index contributed by atoms with van der Waals surface area (Å²) in [6, 6.07) is 2.15. The highest BCUT2D eigenvalue weighted by molar-refractivity contribution is 6.55. The van der Waals surface area contributed by atoms with Crippen LogP contribution in [0, 0.1) is 28.1 Å². The maximum atomic E-state index is 12.1. The van der Waals surface area contributed by atoms with E-state index in [0.717, 1.165) is 0 Å². The lowest BCUT2D eigenvalue weighted by Gasteiger charge is -2.15. The Balaban J connectivity index is 3.22. The highest BCUT2D eigenvalue weighted by atomic mass is 35.5. The van der Waals surface area contributed by atoms with Gasteiger partial charge in [0.2, 0.25) is 0 Å². The fourth-order valence-electron chi connectivity index (χ4n) is 3.09. The van der Waals surface area contributed by atoms with E-state index in [1.165, 1.54) is 0 Å². The van der Waals surface area contributed by atoms with Gasteiger partial charge >= 0.3 is 5.97 Å². The molecule has 1 aliphatic carbocycles. The predicted octanol–water partition coefficient (Wildman–Crippen LogP) is 3.81. The van der Waals surface area contributed by atoms with Gasteiger partial charge in [-0.3, -0.25) is 4.79 Å². The van der Waals surface area contributed by atoms with Gasteiger partial charge in [0.25, 0.3) is 0 Å². The van der Waals surface area contributed by atoms with Gasteiger partial charge in [0.15, 0.2) is 5.41 Å². The Morgan fingerprint density at radius 2 is 1.94 bits per heavy atom. The van der Waals surface area contributed by atoms with Gasteiger partial charge in [-0.25, -0.2) is 0 Å². The Kier molecular flexibility index (Phi) is 4.69. The fraction of sp³-hybridized carbons (Fsp3) is 0.692. The van der Waals surface area contributed by atoms with Crippen LogP contribution < -0.4 is 0 Å². The lowest BCUT2D eigenvalue weighted by Crippen LogP contribution is -2.24. The summed E-state index contributed by atoms with van der Waals surface area (Å²) in [6.07, 6.45) is 3.01. The van der Waals surface area contributed by atoms with Crippen LogP contribution in [-0.4, -0.2) is 12.6 Å². The van der Waals surface area contributed by atoms with Crippen molar-refractivity contribution in [3.8, 4) is 6.07 Å². The summed E-state index contributed by atoms with van der Waals surface area (Å²) in [5.74, 6) is -0.735. The molecular formula is C13H17Cl2NO2. The molecule has 3 nitrogen and oxygen atoms in total. The molecule has 2 atom stereocenters. The molecule has 0 heterocycles. The molecule has 0 spiro atoms. The molecule has 0 aromatic heterocycles. The molecule has 0 amide bonds. The first-order valence-electron chi connectivity index (χ1n) is 6.08. The van der Waals surface area contributed by atoms with Gasteiger partial charge in [0, 0.05) is 11.3 Å². The van der Waals surface area contributed by atoms with Gasteiger partial charge in [-0.05, 0) is 25.8 Å². The fourth-order valence-corrected chi connectivity index (χ4v) is 3.34. The molecule has 100 valence electrons. The van der Waals surface area contributed by atoms with Crippen LogP contribution >= 0.6 is 23.2 Å². The molecule has 0 aromatic carbocycles. The van der Waals surface area contributed by atoms with Gasteiger partial charge in [-0.1, -0.05) is 37.0 Å². The van der Waals surface area contributed by atoms with Crippen LogP contribution in [0.25, 0.3) is 0 Å². The minimum Gasteiger partial charge on any atom is -0.465 e. The van der Waals surface area contributed by atoms with Crippen molar-refractivity contribution in [2.75, 3.05) is 6.61 Å². The number of rotatable bonds is 5. The summed E-state index contributed by atoms with van der Waals surface area (Å²) in [5.41, 5.74) is -1.55. The third-order valence-electron chi connectivity index (χ3n) is 4.09. The Morgan fingerprint density at radius 3 is 2.28 bits per heavy atom. The minimum absolute atomic E-state index is 0.0905. The molecule has 1 saturated carbocycles. The number of nitriles is 1. The van der Waals surface area contributed by atoms with Crippen LogP contribution in [-0.2, 0) is 9.53 Å². The van der Waals surface area contributed by atoms with Crippen molar-refractivity contribution in [1.82, 2.24) is 0 Å². The average Bonchev–Trinajstić information content (AvgIpc) is 2.91. The lowest BCUT2D eigenvalue weighted by atomic mass is 9.89. The minimum atomic E-state index is -1.14. The molecule has 1 rings (SSSR count). The van der Waals surface area contributed by atoms with Crippen molar-refractivity contribution < 1.29 is 9.53 Å². The average molecular weight is 290 g/mol. The van der Waals surface area contributed by atoms with E-state index in [9.17, 15) is 10.1 Å². The van der Waals surface area contributed by atoms with Crippen LogP contribution in [0.4, 0.5) is 0 Å². The van der Waals surface area contributed by atoms with Crippen molar-refractivity contribution in [3.05, 3.63) is 10.6 Å². The molecule has 0 N–H and O–H groups in total. The van der Waals surface area contributed by atoms with Crippen molar-refractivity contribution >= 4 is 29.2 Å². The number of carbonyl (C=O) groups is 1. The van der Waals surface area contributed by atoms with Crippen molar-refractivity contribution in [2.45, 2.75) is 33.6 Å². The maximum absolute atomic E-state index is 12.1. The number of halogens is 2. The molecule has 0 saturated heterocycles. The van der Waals surface area contributed by atoms with E-state index in [-0.39, 0.29) is 17.0 Å². The van der Waals surface area contributed by atoms with Gasteiger partial charge < -0.3 is 4.74 Å². The highest BCUT2D eigenvalue weighted by Gasteiger charge is 2.79. The summed E-state index contributed by atoms with van der Waals surface area (Å²) >= 11 is 11.4. The zero-order valence-corrected chi connectivity index (χ0v) is 12.3. The second kappa shape index (κ2) is 5.50. The van der Waals surface area contributed by atoms with Crippen LogP contribution in [0.2, 0.25) is 0 Å². The zero-order valence-electron chi connectivity index (χ0n) is 10.8. The second-order valence-corrected chi connectivity index (χ2v) is 5.45. The molecule has 0 bridgehead atoms. The topological polar surface area (TPSA) is 50.1 Å². The first-order valence-corrected chi connectivity index (χ1v) is 6.83. The number of ether oxygens (including phenoxy) is 1. The Hall–Kier alpha value is -0.720. The first kappa shape index (κ1) is 15.3. The Labute approximate surface area is 118 Å². The van der Waals surface area contributed by atoms with E-state index < -0.39 is 16.8 Å². The first-order chi connectivity index (χ1) is 8.46. The molecular weight excluding hydrogens is 273 g/mol. The molecule has 0 radical (unpaired) electrons. The van der Waals surface area contributed by atoms with Gasteiger partial charge in [-0.15, -0.1) is 0 Å². The number of hydrogen-bond donors (Lipinski definition) is 0. The quantitative estimate of drug-likeness (QED) is 0.723. The van der Waals surface area contributed by atoms with E-state index >= 15 is 0 Å². The molecule has 2 unspecified atom stereocenters. The Morgan fingerprint density at radius 1 is 1.39 bits per heavy atom. The molecule has 18 heavy (non-hydrogen) atoms. The lowest BCUT2D eigenvalue weighted by molar-refractivity contribution is -0.149. The summed E-state index contributed by atoms with van der Waals surface area (Å²) in [5, 5.41) is 9.47. The van der Waals surface area contributed by atoms with Crippen LogP contribution in [0.15, 0.2) is 10.6 Å². The number of carbonyl (C=O) groups excluding carboxylic acids is 1. The predicted molar refractivity (Wildman–Crippen MR) is 71.0 cm³/mol. The number of hydrogen-bond acceptors (Lipinski definition) is 3. The van der Waals surface area contributed by atoms with Crippen LogP contribution in [0.5, 0.6) is 0 Å².